The maximum absolute atomic E-state index is 2.47. The molecular weight excluding hydrogens is 338 g/mol. The van der Waals surface area contributed by atoms with Gasteiger partial charge in [0.05, 0.1) is 0 Å². The lowest BCUT2D eigenvalue weighted by Gasteiger charge is -2.31. The van der Waals surface area contributed by atoms with Crippen molar-refractivity contribution in [1.82, 2.24) is 0 Å². The molecule has 0 aliphatic rings. The Bertz CT molecular complexity index is 493. The third kappa shape index (κ3) is 6.04. The van der Waals surface area contributed by atoms with Crippen molar-refractivity contribution in [2.45, 2.75) is 111 Å². The molecule has 25 heavy (non-hydrogen) atoms. The van der Waals surface area contributed by atoms with Gasteiger partial charge in [-0.2, -0.15) is 0 Å². The largest absolute Gasteiger partial charge is 0.0969 e. The number of aryl methyl sites for hydroxylation is 2. The lowest BCUT2D eigenvalue weighted by atomic mass is 9.95. The average molecular weight is 381 g/mol. The topological polar surface area (TPSA) is 0 Å². The van der Waals surface area contributed by atoms with E-state index in [0.29, 0.717) is 0 Å². The molecule has 1 rings (SSSR count). The number of rotatable bonds is 8. The molecule has 0 N–H and O–H groups in total. The molecule has 0 heterocycles. The van der Waals surface area contributed by atoms with Gasteiger partial charge < -0.3 is 0 Å². The average Bonchev–Trinajstić information content (AvgIpc) is 2.44. The van der Waals surface area contributed by atoms with Gasteiger partial charge in [-0.3, -0.25) is 0 Å². The fourth-order valence-electron chi connectivity index (χ4n) is 4.05. The van der Waals surface area contributed by atoms with Crippen LogP contribution < -0.4 is 0 Å². The summed E-state index contributed by atoms with van der Waals surface area (Å²) in [4.78, 5) is 0. The summed E-state index contributed by atoms with van der Waals surface area (Å²) < 4.78 is 0. The summed E-state index contributed by atoms with van der Waals surface area (Å²) >= 11 is 0. The molecule has 0 fully saturated rings. The molecule has 0 saturated heterocycles. The summed E-state index contributed by atoms with van der Waals surface area (Å²) in [6, 6.07) is 2.47. The molecule has 0 aliphatic carbocycles. The smallest absolute Gasteiger partial charge is 0.00631 e. The van der Waals surface area contributed by atoms with Crippen LogP contribution in [0.5, 0.6) is 0 Å². The van der Waals surface area contributed by atoms with E-state index in [1.165, 1.54) is 23.5 Å². The van der Waals surface area contributed by atoms with Gasteiger partial charge in [0.15, 0.2) is 0 Å². The summed E-state index contributed by atoms with van der Waals surface area (Å²) in [5.74, 6) is 0. The molecule has 1 aromatic carbocycles. The molecule has 1 aromatic rings. The second kappa shape index (κ2) is 9.85. The quantitative estimate of drug-likeness (QED) is 0.399. The van der Waals surface area contributed by atoms with Crippen molar-refractivity contribution in [3.63, 3.8) is 0 Å². The fourth-order valence-corrected chi connectivity index (χ4v) is 9.60. The van der Waals surface area contributed by atoms with Crippen LogP contribution in [0.3, 0.4) is 0 Å². The van der Waals surface area contributed by atoms with Crippen LogP contribution >= 0.6 is 15.8 Å². The van der Waals surface area contributed by atoms with E-state index in [1.807, 2.05) is 0 Å². The van der Waals surface area contributed by atoms with E-state index in [2.05, 4.69) is 82.2 Å². The van der Waals surface area contributed by atoms with Gasteiger partial charge >= 0.3 is 0 Å². The second-order valence-electron chi connectivity index (χ2n) is 8.81. The Morgan fingerprint density at radius 3 is 1.12 bits per heavy atom. The van der Waals surface area contributed by atoms with E-state index in [9.17, 15) is 0 Å². The molecule has 0 spiro atoms. The molecule has 0 atom stereocenters. The summed E-state index contributed by atoms with van der Waals surface area (Å²) in [6.07, 6.45) is 2.60. The minimum absolute atomic E-state index is 0.0507. The Kier molecular flexibility index (Phi) is 9.11. The van der Waals surface area contributed by atoms with Crippen molar-refractivity contribution in [1.29, 1.82) is 0 Å². The highest BCUT2D eigenvalue weighted by Crippen LogP contribution is 2.52. The monoisotopic (exact) mass is 380 g/mol. The van der Waals surface area contributed by atoms with Gasteiger partial charge in [-0.25, -0.2) is 0 Å². The third-order valence-corrected chi connectivity index (χ3v) is 12.3. The predicted octanol–water partition coefficient (Wildman–Crippen LogP) is 8.21. The highest BCUT2D eigenvalue weighted by atomic mass is 31.1. The van der Waals surface area contributed by atoms with E-state index < -0.39 is 0 Å². The summed E-state index contributed by atoms with van der Waals surface area (Å²) in [5, 5.41) is 0. The van der Waals surface area contributed by atoms with Crippen molar-refractivity contribution >= 4 is 15.8 Å². The molecule has 0 aromatic heterocycles. The standard InChI is InChI=1S/C23H42P2/c1-15(2)24(16(3)4)13-22-19(9)12-20(10)23(21(22)11)14-25(17(5)6)18(7)8/h12,15-18H,13-14H2,1-11H3. The van der Waals surface area contributed by atoms with Gasteiger partial charge in [-0.05, 0) is 83.5 Å². The lowest BCUT2D eigenvalue weighted by Crippen LogP contribution is -2.11. The van der Waals surface area contributed by atoms with E-state index in [1.54, 1.807) is 16.7 Å². The SMILES string of the molecule is Cc1cc(C)c(CP(C(C)C)C(C)C)c(C)c1CP(C(C)C)C(C)C. The zero-order chi connectivity index (χ0) is 19.5. The van der Waals surface area contributed by atoms with Gasteiger partial charge in [0.1, 0.15) is 0 Å². The summed E-state index contributed by atoms with van der Waals surface area (Å²) in [6.45, 7) is 26.4. The normalized spacial score (nSPS) is 12.7. The summed E-state index contributed by atoms with van der Waals surface area (Å²) in [5.41, 5.74) is 11.2. The third-order valence-electron chi connectivity index (χ3n) is 5.62. The van der Waals surface area contributed by atoms with Crippen LogP contribution in [-0.2, 0) is 12.3 Å². The molecule has 0 bridgehead atoms. The molecule has 144 valence electrons. The zero-order valence-electron chi connectivity index (χ0n) is 18.7. The molecule has 0 saturated carbocycles. The van der Waals surface area contributed by atoms with E-state index in [0.717, 1.165) is 22.6 Å². The Balaban J connectivity index is 3.29. The van der Waals surface area contributed by atoms with Crippen LogP contribution in [0.2, 0.25) is 0 Å². The Morgan fingerprint density at radius 2 is 0.880 bits per heavy atom. The minimum Gasteiger partial charge on any atom is -0.0969 e. The maximum atomic E-state index is 2.47. The Labute approximate surface area is 161 Å². The van der Waals surface area contributed by atoms with Crippen LogP contribution in [0, 0.1) is 20.8 Å². The highest BCUT2D eigenvalue weighted by molar-refractivity contribution is 7.58. The number of hydrogen-bond acceptors (Lipinski definition) is 0. The first-order chi connectivity index (χ1) is 11.5. The van der Waals surface area contributed by atoms with Gasteiger partial charge in [0.25, 0.3) is 0 Å². The van der Waals surface area contributed by atoms with Crippen LogP contribution in [0.1, 0.15) is 83.2 Å². The maximum Gasteiger partial charge on any atom is -0.00631 e. The highest BCUT2D eigenvalue weighted by Gasteiger charge is 2.23. The van der Waals surface area contributed by atoms with Gasteiger partial charge in [-0.1, -0.05) is 77.3 Å². The van der Waals surface area contributed by atoms with Crippen LogP contribution in [-0.4, -0.2) is 22.6 Å². The van der Waals surface area contributed by atoms with Crippen molar-refractivity contribution in [2.24, 2.45) is 0 Å². The first-order valence-corrected chi connectivity index (χ1v) is 13.4. The number of benzene rings is 1. The van der Waals surface area contributed by atoms with Gasteiger partial charge in [-0.15, -0.1) is 0 Å². The van der Waals surface area contributed by atoms with Crippen LogP contribution in [0.25, 0.3) is 0 Å². The Morgan fingerprint density at radius 1 is 0.600 bits per heavy atom. The van der Waals surface area contributed by atoms with Crippen molar-refractivity contribution < 1.29 is 0 Å². The molecule has 0 aliphatic heterocycles. The Hall–Kier alpha value is 0.0800. The molecule has 0 unspecified atom stereocenters. The van der Waals surface area contributed by atoms with Crippen LogP contribution in [0.4, 0.5) is 0 Å². The van der Waals surface area contributed by atoms with E-state index in [4.69, 9.17) is 0 Å². The van der Waals surface area contributed by atoms with Crippen molar-refractivity contribution in [2.75, 3.05) is 0 Å². The van der Waals surface area contributed by atoms with Gasteiger partial charge in [0.2, 0.25) is 0 Å². The van der Waals surface area contributed by atoms with E-state index >= 15 is 0 Å². The first-order valence-electron chi connectivity index (χ1n) is 10.1. The van der Waals surface area contributed by atoms with Crippen molar-refractivity contribution in [3.05, 3.63) is 33.9 Å². The molecule has 0 radical (unpaired) electrons. The van der Waals surface area contributed by atoms with Crippen molar-refractivity contribution in [3.8, 4) is 0 Å². The lowest BCUT2D eigenvalue weighted by molar-refractivity contribution is 0.982. The molecule has 0 nitrogen and oxygen atoms in total. The second-order valence-corrected chi connectivity index (χ2v) is 15.6. The number of hydrogen-bond donors (Lipinski definition) is 0. The fraction of sp³-hybridized carbons (Fsp3) is 0.739. The summed E-state index contributed by atoms with van der Waals surface area (Å²) in [7, 11) is 0.101. The first kappa shape index (κ1) is 23.1. The van der Waals surface area contributed by atoms with E-state index in [-0.39, 0.29) is 15.8 Å². The molecule has 2 heteroatoms. The van der Waals surface area contributed by atoms with Crippen LogP contribution in [0.15, 0.2) is 6.07 Å². The predicted molar refractivity (Wildman–Crippen MR) is 122 cm³/mol. The zero-order valence-corrected chi connectivity index (χ0v) is 20.5. The van der Waals surface area contributed by atoms with Gasteiger partial charge in [0, 0.05) is 0 Å². The minimum atomic E-state index is 0.0507. The molecule has 0 amide bonds. The molecular formula is C23H42P2.